The summed E-state index contributed by atoms with van der Waals surface area (Å²) in [6, 6.07) is 23.9. The van der Waals surface area contributed by atoms with Gasteiger partial charge in [-0.15, -0.1) is 0 Å². The van der Waals surface area contributed by atoms with Crippen LogP contribution in [-0.2, 0) is 4.84 Å². The van der Waals surface area contributed by atoms with E-state index in [2.05, 4.69) is 10.3 Å². The van der Waals surface area contributed by atoms with Crippen LogP contribution in [0.5, 0.6) is 17.2 Å². The van der Waals surface area contributed by atoms with Crippen molar-refractivity contribution < 1.29 is 19.1 Å². The summed E-state index contributed by atoms with van der Waals surface area (Å²) in [6.07, 6.45) is 0. The molecule has 0 aliphatic heterocycles. The summed E-state index contributed by atoms with van der Waals surface area (Å²) >= 11 is 0. The zero-order chi connectivity index (χ0) is 22.0. The Labute approximate surface area is 178 Å². The zero-order valence-electron chi connectivity index (χ0n) is 18.1. The van der Waals surface area contributed by atoms with Crippen LogP contribution in [0.4, 0.5) is 0 Å². The summed E-state index contributed by atoms with van der Waals surface area (Å²) in [4.78, 5) is 16.7. The number of ether oxygens (including phenoxy) is 2. The van der Waals surface area contributed by atoms with E-state index in [9.17, 15) is 4.79 Å². The molecule has 0 heterocycles. The van der Waals surface area contributed by atoms with Crippen LogP contribution in [-0.4, -0.2) is 25.5 Å². The van der Waals surface area contributed by atoms with Crippen LogP contribution < -0.4 is 15.0 Å². The minimum atomic E-state index is -0.233. The second-order valence-corrected chi connectivity index (χ2v) is 7.42. The number of ketones is 1. The molecule has 0 aliphatic carbocycles. The second kappa shape index (κ2) is 11.1. The van der Waals surface area contributed by atoms with Gasteiger partial charge in [0.25, 0.3) is 0 Å². The minimum Gasteiger partial charge on any atom is -0.488 e. The fraction of sp³-hybridized carbons (Fsp3) is 0.240. The largest absolute Gasteiger partial charge is 0.488 e. The van der Waals surface area contributed by atoms with E-state index in [4.69, 9.17) is 9.47 Å². The first-order valence-electron chi connectivity index (χ1n) is 9.69. The van der Waals surface area contributed by atoms with E-state index in [1.165, 1.54) is 0 Å². The van der Waals surface area contributed by atoms with Crippen molar-refractivity contribution in [1.82, 2.24) is 5.48 Å². The summed E-state index contributed by atoms with van der Waals surface area (Å²) < 4.78 is 11.6. The van der Waals surface area contributed by atoms with Gasteiger partial charge in [-0.05, 0) is 69.3 Å². The van der Waals surface area contributed by atoms with Crippen LogP contribution >= 0.6 is 0 Å². The summed E-state index contributed by atoms with van der Waals surface area (Å²) in [5.41, 5.74) is 3.51. The Morgan fingerprint density at radius 1 is 0.733 bits per heavy atom. The van der Waals surface area contributed by atoms with Gasteiger partial charge in [0.05, 0.1) is 7.11 Å². The number of hydrogen-bond donors (Lipinski definition) is 1. The molecule has 5 nitrogen and oxygen atoms in total. The Morgan fingerprint density at radius 2 is 1.17 bits per heavy atom. The topological polar surface area (TPSA) is 56.8 Å². The van der Waals surface area contributed by atoms with Crippen LogP contribution in [0.25, 0.3) is 0 Å². The fourth-order valence-corrected chi connectivity index (χ4v) is 2.50. The van der Waals surface area contributed by atoms with Crippen molar-refractivity contribution in [1.29, 1.82) is 0 Å². The molecule has 0 bridgehead atoms. The Hall–Kier alpha value is -3.15. The molecule has 0 radical (unpaired) electrons. The van der Waals surface area contributed by atoms with E-state index in [-0.39, 0.29) is 11.4 Å². The Balaban J connectivity index is 0.000000735. The van der Waals surface area contributed by atoms with Gasteiger partial charge < -0.3 is 14.3 Å². The van der Waals surface area contributed by atoms with E-state index in [0.717, 1.165) is 5.75 Å². The average molecular weight is 408 g/mol. The molecule has 0 saturated heterocycles. The number of carbonyl (C=O) groups is 1. The number of nitrogens with one attached hydrogen (secondary N) is 1. The van der Waals surface area contributed by atoms with Crippen molar-refractivity contribution in [2.75, 3.05) is 14.2 Å². The molecule has 3 rings (SSSR count). The fourth-order valence-electron chi connectivity index (χ4n) is 2.50. The predicted molar refractivity (Wildman–Crippen MR) is 119 cm³/mol. The van der Waals surface area contributed by atoms with Gasteiger partial charge in [0.1, 0.15) is 22.8 Å². The van der Waals surface area contributed by atoms with Crippen molar-refractivity contribution in [2.24, 2.45) is 0 Å². The molecule has 0 aliphatic rings. The quantitative estimate of drug-likeness (QED) is 0.422. The molecule has 0 fully saturated rings. The molecule has 1 N–H and O–H groups in total. The number of hydroxylamine groups is 1. The maximum Gasteiger partial charge on any atom is 0.193 e. The summed E-state index contributed by atoms with van der Waals surface area (Å²) in [5.74, 6) is 2.20. The molecular formula is C25H29NO4. The Kier molecular flexibility index (Phi) is 8.59. The van der Waals surface area contributed by atoms with Gasteiger partial charge in [-0.1, -0.05) is 30.3 Å². The van der Waals surface area contributed by atoms with Crippen LogP contribution in [0, 0.1) is 0 Å². The molecule has 158 valence electrons. The maximum absolute atomic E-state index is 12.4. The summed E-state index contributed by atoms with van der Waals surface area (Å²) in [6.45, 7) is 6.03. The minimum absolute atomic E-state index is 0.000770. The van der Waals surface area contributed by atoms with Gasteiger partial charge in [-0.25, -0.2) is 5.48 Å². The van der Waals surface area contributed by atoms with Gasteiger partial charge in [-0.3, -0.25) is 4.79 Å². The van der Waals surface area contributed by atoms with Crippen molar-refractivity contribution in [3.8, 4) is 17.2 Å². The molecular weight excluding hydrogens is 378 g/mol. The number of rotatable bonds is 6. The van der Waals surface area contributed by atoms with Gasteiger partial charge >= 0.3 is 0 Å². The monoisotopic (exact) mass is 407 g/mol. The lowest BCUT2D eigenvalue weighted by molar-refractivity contribution is 0.103. The second-order valence-electron chi connectivity index (χ2n) is 7.42. The molecule has 5 heteroatoms. The molecule has 0 atom stereocenters. The first-order chi connectivity index (χ1) is 14.3. The van der Waals surface area contributed by atoms with E-state index in [0.29, 0.717) is 22.6 Å². The molecule has 3 aromatic carbocycles. The molecule has 0 spiro atoms. The Bertz CT molecular complexity index is 897. The predicted octanol–water partition coefficient (Wildman–Crippen LogP) is 5.65. The third-order valence-electron chi connectivity index (χ3n) is 3.84. The molecule has 0 saturated carbocycles. The summed E-state index contributed by atoms with van der Waals surface area (Å²) in [7, 11) is 3.28. The third kappa shape index (κ3) is 7.70. The average Bonchev–Trinajstić information content (AvgIpc) is 2.75. The first kappa shape index (κ1) is 23.1. The zero-order valence-corrected chi connectivity index (χ0v) is 18.1. The van der Waals surface area contributed by atoms with E-state index in [1.807, 2.05) is 75.4 Å². The van der Waals surface area contributed by atoms with E-state index < -0.39 is 0 Å². The highest BCUT2D eigenvalue weighted by Gasteiger charge is 2.12. The van der Waals surface area contributed by atoms with Crippen LogP contribution in [0.15, 0.2) is 78.9 Å². The molecule has 0 amide bonds. The maximum atomic E-state index is 12.4. The van der Waals surface area contributed by atoms with Gasteiger partial charge in [-0.2, -0.15) is 0 Å². The van der Waals surface area contributed by atoms with Crippen molar-refractivity contribution in [2.45, 2.75) is 26.4 Å². The first-order valence-corrected chi connectivity index (χ1v) is 9.69. The van der Waals surface area contributed by atoms with E-state index >= 15 is 0 Å². The van der Waals surface area contributed by atoms with Crippen LogP contribution in [0.2, 0.25) is 0 Å². The highest BCUT2D eigenvalue weighted by Crippen LogP contribution is 2.26. The number of hydrogen-bond acceptors (Lipinski definition) is 5. The highest BCUT2D eigenvalue weighted by molar-refractivity contribution is 6.08. The Morgan fingerprint density at radius 3 is 1.63 bits per heavy atom. The smallest absolute Gasteiger partial charge is 0.193 e. The SMILES string of the molecule is CC(C)(C)Oc1ccc(Oc2ccc(C(=O)c3ccccc3)cc2)cc1.CNOC. The summed E-state index contributed by atoms with van der Waals surface area (Å²) in [5, 5.41) is 0. The van der Waals surface area contributed by atoms with E-state index in [1.54, 1.807) is 38.4 Å². The number of benzene rings is 3. The lowest BCUT2D eigenvalue weighted by Gasteiger charge is -2.21. The van der Waals surface area contributed by atoms with Crippen molar-refractivity contribution in [3.05, 3.63) is 90.0 Å². The van der Waals surface area contributed by atoms with Crippen LogP contribution in [0.3, 0.4) is 0 Å². The molecule has 0 unspecified atom stereocenters. The third-order valence-corrected chi connectivity index (χ3v) is 3.84. The normalized spacial score (nSPS) is 10.6. The standard InChI is InChI=1S/C23H22O3.C2H7NO/c1-23(2,3)26-21-15-13-20(14-16-21)25-19-11-9-18(10-12-19)22(24)17-7-5-4-6-8-17;1-3-4-2/h4-16H,1-3H3;3H,1-2H3. The van der Waals surface area contributed by atoms with Gasteiger partial charge in [0, 0.05) is 18.2 Å². The molecule has 3 aromatic rings. The van der Waals surface area contributed by atoms with Crippen molar-refractivity contribution >= 4 is 5.78 Å². The van der Waals surface area contributed by atoms with Gasteiger partial charge in [0.15, 0.2) is 5.78 Å². The lowest BCUT2D eigenvalue weighted by atomic mass is 10.0. The number of carbonyl (C=O) groups excluding carboxylic acids is 1. The lowest BCUT2D eigenvalue weighted by Crippen LogP contribution is -2.22. The van der Waals surface area contributed by atoms with Crippen LogP contribution in [0.1, 0.15) is 36.7 Å². The van der Waals surface area contributed by atoms with Gasteiger partial charge in [0.2, 0.25) is 0 Å². The molecule has 0 aromatic heterocycles. The molecule has 30 heavy (non-hydrogen) atoms. The van der Waals surface area contributed by atoms with Crippen molar-refractivity contribution in [3.63, 3.8) is 0 Å². The highest BCUT2D eigenvalue weighted by atomic mass is 16.6.